The number of aliphatic hydroxyl groups excluding tert-OH is 1. The third kappa shape index (κ3) is 6.59. The van der Waals surface area contributed by atoms with Crippen molar-refractivity contribution in [3.05, 3.63) is 0 Å². The van der Waals surface area contributed by atoms with Gasteiger partial charge in [-0.3, -0.25) is 4.79 Å². The molecule has 16 heavy (non-hydrogen) atoms. The van der Waals surface area contributed by atoms with Gasteiger partial charge in [0.15, 0.2) is 5.92 Å². The quantitative estimate of drug-likeness (QED) is 0.518. The van der Waals surface area contributed by atoms with Crippen LogP contribution in [-0.2, 0) is 9.53 Å². The van der Waals surface area contributed by atoms with Crippen LogP contribution in [0.5, 0.6) is 0 Å². The summed E-state index contributed by atoms with van der Waals surface area (Å²) in [5.41, 5.74) is 0. The van der Waals surface area contributed by atoms with Gasteiger partial charge in [0, 0.05) is 13.1 Å². The molecule has 0 saturated heterocycles. The van der Waals surface area contributed by atoms with Crippen LogP contribution in [-0.4, -0.2) is 55.3 Å². The zero-order chi connectivity index (χ0) is 12.6. The summed E-state index contributed by atoms with van der Waals surface area (Å²) in [4.78, 5) is 10.3. The average molecular weight is 245 g/mol. The van der Waals surface area contributed by atoms with Gasteiger partial charge in [-0.05, 0) is 0 Å². The molecule has 0 aliphatic carbocycles. The summed E-state index contributed by atoms with van der Waals surface area (Å²) in [5, 5.41) is 19.0. The van der Waals surface area contributed by atoms with E-state index in [1.54, 1.807) is 0 Å². The molecule has 0 aromatic carbocycles. The van der Waals surface area contributed by atoms with Crippen LogP contribution in [0.3, 0.4) is 0 Å². The first-order valence-electron chi connectivity index (χ1n) is 4.58. The summed E-state index contributed by atoms with van der Waals surface area (Å²) >= 11 is 0. The first kappa shape index (κ1) is 15.1. The number of alkyl halides is 3. The molecule has 0 aromatic heterocycles. The molecule has 0 rings (SSSR count). The number of ether oxygens (including phenoxy) is 1. The van der Waals surface area contributed by atoms with Crippen LogP contribution in [0.25, 0.3) is 0 Å². The Hall–Kier alpha value is -0.860. The second-order valence-corrected chi connectivity index (χ2v) is 2.97. The molecule has 0 radical (unpaired) electrons. The van der Waals surface area contributed by atoms with Crippen LogP contribution in [0.4, 0.5) is 13.2 Å². The van der Waals surface area contributed by atoms with E-state index >= 15 is 0 Å². The number of aliphatic hydroxyl groups is 1. The van der Waals surface area contributed by atoms with E-state index in [9.17, 15) is 18.0 Å². The van der Waals surface area contributed by atoms with Crippen molar-refractivity contribution in [1.82, 2.24) is 5.32 Å². The van der Waals surface area contributed by atoms with Gasteiger partial charge >= 0.3 is 12.1 Å². The number of aliphatic carboxylic acids is 1. The number of carboxylic acids is 1. The van der Waals surface area contributed by atoms with Crippen LogP contribution in [0.2, 0.25) is 0 Å². The highest BCUT2D eigenvalue weighted by molar-refractivity contribution is 5.71. The Morgan fingerprint density at radius 2 is 2.00 bits per heavy atom. The number of rotatable bonds is 8. The molecule has 0 aromatic rings. The SMILES string of the molecule is O=C(O)C(CNCCOCCO)C(F)(F)F. The van der Waals surface area contributed by atoms with Crippen molar-refractivity contribution in [2.45, 2.75) is 6.18 Å². The fraction of sp³-hybridized carbons (Fsp3) is 0.875. The highest BCUT2D eigenvalue weighted by atomic mass is 19.4. The number of hydrogen-bond acceptors (Lipinski definition) is 4. The molecule has 8 heteroatoms. The Kier molecular flexibility index (Phi) is 7.02. The lowest BCUT2D eigenvalue weighted by atomic mass is 10.1. The maximum absolute atomic E-state index is 12.1. The van der Waals surface area contributed by atoms with E-state index in [-0.39, 0.29) is 26.4 Å². The van der Waals surface area contributed by atoms with E-state index in [4.69, 9.17) is 14.9 Å². The van der Waals surface area contributed by atoms with Crippen LogP contribution in [0.15, 0.2) is 0 Å². The second-order valence-electron chi connectivity index (χ2n) is 2.97. The summed E-state index contributed by atoms with van der Waals surface area (Å²) in [6, 6.07) is 0. The molecule has 0 saturated carbocycles. The molecule has 0 heterocycles. The van der Waals surface area contributed by atoms with Crippen molar-refractivity contribution in [3.8, 4) is 0 Å². The standard InChI is InChI=1S/C8H14F3NO4/c9-8(10,11)6(7(14)15)5-12-1-3-16-4-2-13/h6,12-13H,1-5H2,(H,14,15). The number of carboxylic acid groups (broad SMARTS) is 1. The van der Waals surface area contributed by atoms with Crippen molar-refractivity contribution < 1.29 is 32.9 Å². The minimum absolute atomic E-state index is 0.0971. The first-order valence-corrected chi connectivity index (χ1v) is 4.58. The Labute approximate surface area is 90.2 Å². The van der Waals surface area contributed by atoms with Crippen LogP contribution in [0.1, 0.15) is 0 Å². The molecule has 0 bridgehead atoms. The molecular formula is C8H14F3NO4. The fourth-order valence-corrected chi connectivity index (χ4v) is 0.900. The van der Waals surface area contributed by atoms with Crippen molar-refractivity contribution in [2.24, 2.45) is 5.92 Å². The van der Waals surface area contributed by atoms with E-state index in [0.717, 1.165) is 0 Å². The first-order chi connectivity index (χ1) is 7.39. The Bertz CT molecular complexity index is 210. The van der Waals surface area contributed by atoms with Crippen LogP contribution < -0.4 is 5.32 Å². The molecule has 3 N–H and O–H groups in total. The molecule has 0 aliphatic heterocycles. The summed E-state index contributed by atoms with van der Waals surface area (Å²) in [6.45, 7) is -0.546. The molecule has 96 valence electrons. The topological polar surface area (TPSA) is 78.8 Å². The maximum Gasteiger partial charge on any atom is 0.403 e. The third-order valence-corrected chi connectivity index (χ3v) is 1.70. The molecular weight excluding hydrogens is 231 g/mol. The molecule has 1 atom stereocenters. The normalized spacial score (nSPS) is 13.8. The van der Waals surface area contributed by atoms with E-state index in [2.05, 4.69) is 5.32 Å². The zero-order valence-electron chi connectivity index (χ0n) is 8.46. The monoisotopic (exact) mass is 245 g/mol. The smallest absolute Gasteiger partial charge is 0.403 e. The van der Waals surface area contributed by atoms with E-state index in [1.807, 2.05) is 0 Å². The van der Waals surface area contributed by atoms with Gasteiger partial charge in [-0.1, -0.05) is 0 Å². The van der Waals surface area contributed by atoms with Gasteiger partial charge in [0.05, 0.1) is 19.8 Å². The third-order valence-electron chi connectivity index (χ3n) is 1.70. The van der Waals surface area contributed by atoms with Gasteiger partial charge in [-0.25, -0.2) is 0 Å². The summed E-state index contributed by atoms with van der Waals surface area (Å²) in [6.07, 6.45) is -4.76. The lowest BCUT2D eigenvalue weighted by Gasteiger charge is -2.16. The number of carbonyl (C=O) groups is 1. The predicted molar refractivity (Wildman–Crippen MR) is 48.0 cm³/mol. The van der Waals surface area contributed by atoms with Crippen molar-refractivity contribution in [3.63, 3.8) is 0 Å². The highest BCUT2D eigenvalue weighted by Gasteiger charge is 2.44. The molecule has 1 unspecified atom stereocenters. The maximum atomic E-state index is 12.1. The number of halogens is 3. The fourth-order valence-electron chi connectivity index (χ4n) is 0.900. The van der Waals surface area contributed by atoms with Crippen molar-refractivity contribution >= 4 is 5.97 Å². The summed E-state index contributed by atoms with van der Waals surface area (Å²) in [5.74, 6) is -4.32. The van der Waals surface area contributed by atoms with Crippen molar-refractivity contribution in [1.29, 1.82) is 0 Å². The molecule has 0 amide bonds. The molecule has 0 spiro atoms. The van der Waals surface area contributed by atoms with E-state index in [1.165, 1.54) is 0 Å². The average Bonchev–Trinajstić information content (AvgIpc) is 2.13. The molecule has 0 aliphatic rings. The summed E-state index contributed by atoms with van der Waals surface area (Å²) < 4.78 is 41.1. The van der Waals surface area contributed by atoms with E-state index < -0.39 is 24.6 Å². The van der Waals surface area contributed by atoms with Gasteiger partial charge in [-0.15, -0.1) is 0 Å². The van der Waals surface area contributed by atoms with Gasteiger partial charge < -0.3 is 20.3 Å². The van der Waals surface area contributed by atoms with Gasteiger partial charge in [0.25, 0.3) is 0 Å². The number of nitrogens with one attached hydrogen (secondary N) is 1. The van der Waals surface area contributed by atoms with Crippen LogP contribution >= 0.6 is 0 Å². The Morgan fingerprint density at radius 3 is 2.44 bits per heavy atom. The second kappa shape index (κ2) is 7.42. The summed E-state index contributed by atoms with van der Waals surface area (Å²) in [7, 11) is 0. The Morgan fingerprint density at radius 1 is 1.38 bits per heavy atom. The van der Waals surface area contributed by atoms with Gasteiger partial charge in [-0.2, -0.15) is 13.2 Å². The zero-order valence-corrected chi connectivity index (χ0v) is 8.46. The molecule has 0 fully saturated rings. The number of hydrogen-bond donors (Lipinski definition) is 3. The Balaban J connectivity index is 3.75. The van der Waals surface area contributed by atoms with Gasteiger partial charge in [0.1, 0.15) is 0 Å². The van der Waals surface area contributed by atoms with E-state index in [0.29, 0.717) is 0 Å². The largest absolute Gasteiger partial charge is 0.481 e. The van der Waals surface area contributed by atoms with Crippen molar-refractivity contribution in [2.75, 3.05) is 32.9 Å². The van der Waals surface area contributed by atoms with Gasteiger partial charge in [0.2, 0.25) is 0 Å². The predicted octanol–water partition coefficient (Wildman–Crippen LogP) is -0.152. The van der Waals surface area contributed by atoms with Crippen LogP contribution in [0, 0.1) is 5.92 Å². The molecule has 5 nitrogen and oxygen atoms in total. The highest BCUT2D eigenvalue weighted by Crippen LogP contribution is 2.25. The lowest BCUT2D eigenvalue weighted by Crippen LogP contribution is -2.40. The lowest BCUT2D eigenvalue weighted by molar-refractivity contribution is -0.192. The minimum Gasteiger partial charge on any atom is -0.481 e. The minimum atomic E-state index is -4.76.